The lowest BCUT2D eigenvalue weighted by molar-refractivity contribution is 0.454. The van der Waals surface area contributed by atoms with E-state index in [1.807, 2.05) is 64.4 Å². The number of hydrogen-bond donors (Lipinski definition) is 0. The lowest BCUT2D eigenvalue weighted by Crippen LogP contribution is -2.27. The van der Waals surface area contributed by atoms with Gasteiger partial charge in [0.1, 0.15) is 32.3 Å². The summed E-state index contributed by atoms with van der Waals surface area (Å²) in [6, 6.07) is 15.8. The van der Waals surface area contributed by atoms with E-state index in [9.17, 15) is 0 Å². The maximum absolute atomic E-state index is 6.25. The number of nitrogens with zero attached hydrogens (tertiary/aromatic N) is 6. The Morgan fingerprint density at radius 1 is 1.07 bits per heavy atom. The molecule has 136 valence electrons. The Kier molecular flexibility index (Phi) is 3.45. The Bertz CT molecular complexity index is 1350. The van der Waals surface area contributed by atoms with Crippen LogP contribution in [0, 0.1) is 0 Å². The highest BCUT2D eigenvalue weighted by atomic mass is 32.2. The zero-order valence-electron chi connectivity index (χ0n) is 14.5. The van der Waals surface area contributed by atoms with Gasteiger partial charge < -0.3 is 4.42 Å². The highest BCUT2D eigenvalue weighted by Gasteiger charge is 2.27. The monoisotopic (exact) mass is 404 g/mol. The maximum Gasteiger partial charge on any atom is 0.181 e. The van der Waals surface area contributed by atoms with E-state index in [0.717, 1.165) is 43.2 Å². The Morgan fingerprint density at radius 2 is 1.93 bits per heavy atom. The number of furan rings is 1. The van der Waals surface area contributed by atoms with Crippen molar-refractivity contribution in [2.75, 3.05) is 6.54 Å². The van der Waals surface area contributed by atoms with Crippen LogP contribution in [-0.2, 0) is 0 Å². The summed E-state index contributed by atoms with van der Waals surface area (Å²) in [5.41, 5.74) is 4.08. The molecule has 0 N–H and O–H groups in total. The third-order valence-corrected chi connectivity index (χ3v) is 5.84. The van der Waals surface area contributed by atoms with Gasteiger partial charge in [-0.1, -0.05) is 50.5 Å². The lowest BCUT2D eigenvalue weighted by Gasteiger charge is -2.25. The van der Waals surface area contributed by atoms with Crippen molar-refractivity contribution in [3.05, 3.63) is 60.5 Å². The standard InChI is InChI=1S/C19H13N6OPS/c27-19-22-24-9-13(20-16(10-24)28-19)18-17(11-5-1-4-8-15(11)26-18)25-14-7-3-2-6-12(14)21-23-25/h1-9H,10,27H2. The van der Waals surface area contributed by atoms with Gasteiger partial charge in [0.25, 0.3) is 0 Å². The second-order valence-electron chi connectivity index (χ2n) is 6.42. The van der Waals surface area contributed by atoms with Crippen molar-refractivity contribution < 1.29 is 4.42 Å². The number of fused-ring (bicyclic) bond motifs is 4. The quantitative estimate of drug-likeness (QED) is 0.471. The molecule has 0 fully saturated rings. The van der Waals surface area contributed by atoms with Crippen molar-refractivity contribution >= 4 is 58.5 Å². The molecule has 2 bridgehead atoms. The molecule has 4 aromatic rings. The first-order chi connectivity index (χ1) is 13.8. The maximum atomic E-state index is 6.25. The Morgan fingerprint density at radius 3 is 2.86 bits per heavy atom. The van der Waals surface area contributed by atoms with Gasteiger partial charge in [-0.15, -0.1) is 5.10 Å². The lowest BCUT2D eigenvalue weighted by atomic mass is 10.2. The molecule has 28 heavy (non-hydrogen) atoms. The van der Waals surface area contributed by atoms with Crippen LogP contribution in [0.1, 0.15) is 5.76 Å². The second kappa shape index (κ2) is 6.02. The van der Waals surface area contributed by atoms with Gasteiger partial charge >= 0.3 is 0 Å². The molecule has 2 aliphatic rings. The molecule has 6 rings (SSSR count). The predicted octanol–water partition coefficient (Wildman–Crippen LogP) is 4.07. The van der Waals surface area contributed by atoms with Crippen molar-refractivity contribution in [2.24, 2.45) is 10.1 Å². The number of thioether (sulfide) groups is 1. The summed E-state index contributed by atoms with van der Waals surface area (Å²) in [5, 5.41) is 17.1. The fourth-order valence-corrected chi connectivity index (χ4v) is 4.75. The average molecular weight is 404 g/mol. The number of rotatable bonds is 2. The molecule has 0 amide bonds. The van der Waals surface area contributed by atoms with E-state index in [2.05, 4.69) is 24.7 Å². The summed E-state index contributed by atoms with van der Waals surface area (Å²) in [6.45, 7) is 0.674. The van der Waals surface area contributed by atoms with Crippen LogP contribution in [0.3, 0.4) is 0 Å². The minimum Gasteiger partial charge on any atom is -0.452 e. The third kappa shape index (κ3) is 2.42. The molecule has 0 radical (unpaired) electrons. The van der Waals surface area contributed by atoms with Crippen molar-refractivity contribution in [3.8, 4) is 5.69 Å². The Balaban J connectivity index is 1.64. The molecule has 0 aliphatic carbocycles. The Labute approximate surface area is 166 Å². The summed E-state index contributed by atoms with van der Waals surface area (Å²) in [6.07, 6.45) is 1.91. The van der Waals surface area contributed by atoms with Gasteiger partial charge in [-0.05, 0) is 24.3 Å². The molecule has 2 aromatic carbocycles. The minimum absolute atomic E-state index is 0.655. The van der Waals surface area contributed by atoms with Gasteiger partial charge in [-0.25, -0.2) is 9.67 Å². The Hall–Kier alpha value is -2.96. The van der Waals surface area contributed by atoms with Gasteiger partial charge in [-0.3, -0.25) is 5.01 Å². The molecule has 0 saturated heterocycles. The number of aromatic nitrogens is 3. The van der Waals surface area contributed by atoms with Gasteiger partial charge in [0.2, 0.25) is 0 Å². The van der Waals surface area contributed by atoms with E-state index >= 15 is 0 Å². The van der Waals surface area contributed by atoms with Crippen LogP contribution in [0.15, 0.2) is 69.2 Å². The van der Waals surface area contributed by atoms with E-state index in [0.29, 0.717) is 12.3 Å². The number of aliphatic imine (C=N–C) groups is 1. The highest BCUT2D eigenvalue weighted by Crippen LogP contribution is 2.38. The zero-order chi connectivity index (χ0) is 18.7. The van der Waals surface area contributed by atoms with E-state index in [-0.39, 0.29) is 0 Å². The first-order valence-corrected chi connectivity index (χ1v) is 10.1. The fourth-order valence-electron chi connectivity index (χ4n) is 3.47. The van der Waals surface area contributed by atoms with Gasteiger partial charge in [0.15, 0.2) is 5.76 Å². The summed E-state index contributed by atoms with van der Waals surface area (Å²) in [5.74, 6) is 0.655. The van der Waals surface area contributed by atoms with Gasteiger partial charge in [0.05, 0.1) is 18.3 Å². The molecule has 1 atom stereocenters. The molecular weight excluding hydrogens is 391 g/mol. The molecule has 7 nitrogen and oxygen atoms in total. The second-order valence-corrected chi connectivity index (χ2v) is 8.48. The van der Waals surface area contributed by atoms with Crippen LogP contribution in [-0.4, -0.2) is 36.4 Å². The zero-order valence-corrected chi connectivity index (χ0v) is 16.5. The number of para-hydroxylation sites is 2. The van der Waals surface area contributed by atoms with Crippen LogP contribution >= 0.6 is 21.0 Å². The van der Waals surface area contributed by atoms with Crippen molar-refractivity contribution in [3.63, 3.8) is 0 Å². The van der Waals surface area contributed by atoms with Crippen LogP contribution in [0.2, 0.25) is 0 Å². The van der Waals surface area contributed by atoms with Crippen molar-refractivity contribution in [2.45, 2.75) is 0 Å². The topological polar surface area (TPSA) is 71.8 Å². The largest absolute Gasteiger partial charge is 0.452 e. The van der Waals surface area contributed by atoms with Crippen molar-refractivity contribution in [1.29, 1.82) is 0 Å². The predicted molar refractivity (Wildman–Crippen MR) is 115 cm³/mol. The average Bonchev–Trinajstić information content (AvgIpc) is 3.28. The summed E-state index contributed by atoms with van der Waals surface area (Å²) < 4.78 is 8.08. The number of hydrazone groups is 1. The SMILES string of the molecule is PC1=NN2C=C(c3oc4ccccc4c3-n3nnc4ccccc43)N=C(C2)S1. The minimum atomic E-state index is 0.655. The van der Waals surface area contributed by atoms with Gasteiger partial charge in [0, 0.05) is 5.39 Å². The number of hydrogen-bond acceptors (Lipinski definition) is 7. The molecule has 1 unspecified atom stereocenters. The van der Waals surface area contributed by atoms with E-state index in [1.165, 1.54) is 0 Å². The van der Waals surface area contributed by atoms with E-state index in [4.69, 9.17) is 9.41 Å². The highest BCUT2D eigenvalue weighted by molar-refractivity contribution is 8.32. The molecule has 2 aromatic heterocycles. The summed E-state index contributed by atoms with van der Waals surface area (Å²) in [7, 11) is 2.63. The first kappa shape index (κ1) is 16.0. The van der Waals surface area contributed by atoms with E-state index < -0.39 is 0 Å². The molecular formula is C19H13N6OPS. The summed E-state index contributed by atoms with van der Waals surface area (Å²) in [4.78, 5) is 5.71. The molecule has 4 heterocycles. The summed E-state index contributed by atoms with van der Waals surface area (Å²) >= 11 is 1.56. The molecule has 0 saturated carbocycles. The van der Waals surface area contributed by atoms with E-state index in [1.54, 1.807) is 11.8 Å². The normalized spacial score (nSPS) is 16.3. The smallest absolute Gasteiger partial charge is 0.181 e. The molecule has 0 spiro atoms. The van der Waals surface area contributed by atoms with Gasteiger partial charge in [-0.2, -0.15) is 5.10 Å². The molecule has 9 heteroatoms. The molecule has 2 aliphatic heterocycles. The first-order valence-electron chi connectivity index (χ1n) is 8.67. The van der Waals surface area contributed by atoms with Crippen LogP contribution in [0.5, 0.6) is 0 Å². The van der Waals surface area contributed by atoms with Crippen LogP contribution in [0.4, 0.5) is 0 Å². The van der Waals surface area contributed by atoms with Crippen LogP contribution in [0.25, 0.3) is 33.4 Å². The van der Waals surface area contributed by atoms with Crippen LogP contribution < -0.4 is 0 Å². The number of benzene rings is 2. The van der Waals surface area contributed by atoms with Crippen molar-refractivity contribution in [1.82, 2.24) is 20.0 Å². The third-order valence-electron chi connectivity index (χ3n) is 4.63. The fraction of sp³-hybridized carbons (Fsp3) is 0.0526.